The van der Waals surface area contributed by atoms with Gasteiger partial charge in [0.15, 0.2) is 5.96 Å². The quantitative estimate of drug-likeness (QED) is 0.393. The van der Waals surface area contributed by atoms with Gasteiger partial charge in [-0.2, -0.15) is 5.10 Å². The van der Waals surface area contributed by atoms with Crippen molar-refractivity contribution in [3.8, 4) is 0 Å². The summed E-state index contributed by atoms with van der Waals surface area (Å²) in [6, 6.07) is 0.635. The summed E-state index contributed by atoms with van der Waals surface area (Å²) in [7, 11) is 1.89. The molecule has 1 aromatic heterocycles. The van der Waals surface area contributed by atoms with E-state index in [-0.39, 0.29) is 24.0 Å². The minimum absolute atomic E-state index is 0. The standard InChI is InChI=1S/C16H31N7.HI/c1-5-17-16(19-10-15-20-12-21-22(15)4)18-9-14-7-6-8-23(11-14)13(2)3;/h12-14H,5-11H2,1-4H3,(H2,17,18,19);1H. The van der Waals surface area contributed by atoms with Crippen molar-refractivity contribution in [3.05, 3.63) is 12.2 Å². The van der Waals surface area contributed by atoms with Gasteiger partial charge >= 0.3 is 0 Å². The number of aryl methyl sites for hydroxylation is 1. The Kier molecular flexibility index (Phi) is 9.57. The van der Waals surface area contributed by atoms with Crippen molar-refractivity contribution >= 4 is 29.9 Å². The Balaban J connectivity index is 0.00000288. The lowest BCUT2D eigenvalue weighted by molar-refractivity contribution is 0.141. The fourth-order valence-corrected chi connectivity index (χ4v) is 2.93. The number of likely N-dealkylation sites (tertiary alicyclic amines) is 1. The van der Waals surface area contributed by atoms with Crippen molar-refractivity contribution in [2.45, 2.75) is 46.2 Å². The van der Waals surface area contributed by atoms with Gasteiger partial charge in [0.1, 0.15) is 18.7 Å². The molecule has 2 N–H and O–H groups in total. The van der Waals surface area contributed by atoms with Gasteiger partial charge in [-0.25, -0.2) is 9.98 Å². The van der Waals surface area contributed by atoms with Crippen molar-refractivity contribution in [1.82, 2.24) is 30.3 Å². The topological polar surface area (TPSA) is 70.4 Å². The fraction of sp³-hybridized carbons (Fsp3) is 0.812. The maximum Gasteiger partial charge on any atom is 0.191 e. The third-order valence-electron chi connectivity index (χ3n) is 4.37. The number of nitrogens with one attached hydrogen (secondary N) is 2. The second-order valence-corrected chi connectivity index (χ2v) is 6.47. The van der Waals surface area contributed by atoms with E-state index in [0.29, 0.717) is 18.5 Å². The number of guanidine groups is 1. The molecule has 0 bridgehead atoms. The molecule has 0 amide bonds. The maximum atomic E-state index is 4.61. The lowest BCUT2D eigenvalue weighted by Crippen LogP contribution is -2.46. The summed E-state index contributed by atoms with van der Waals surface area (Å²) in [5, 5.41) is 10.9. The van der Waals surface area contributed by atoms with Gasteiger partial charge in [-0.3, -0.25) is 4.68 Å². The van der Waals surface area contributed by atoms with Crippen LogP contribution in [0.4, 0.5) is 0 Å². The highest BCUT2D eigenvalue weighted by Gasteiger charge is 2.21. The summed E-state index contributed by atoms with van der Waals surface area (Å²) in [4.78, 5) is 11.4. The minimum Gasteiger partial charge on any atom is -0.357 e. The van der Waals surface area contributed by atoms with Crippen LogP contribution < -0.4 is 10.6 Å². The van der Waals surface area contributed by atoms with E-state index in [2.05, 4.69) is 51.4 Å². The van der Waals surface area contributed by atoms with E-state index >= 15 is 0 Å². The summed E-state index contributed by atoms with van der Waals surface area (Å²) < 4.78 is 1.76. The molecule has 0 aliphatic carbocycles. The van der Waals surface area contributed by atoms with Gasteiger partial charge in [-0.1, -0.05) is 0 Å². The van der Waals surface area contributed by atoms with Crippen LogP contribution in [0.2, 0.25) is 0 Å². The Labute approximate surface area is 162 Å². The van der Waals surface area contributed by atoms with Crippen LogP contribution in [0.5, 0.6) is 0 Å². The molecule has 1 saturated heterocycles. The summed E-state index contributed by atoms with van der Waals surface area (Å²) in [6.45, 7) is 11.4. The predicted octanol–water partition coefficient (Wildman–Crippen LogP) is 1.61. The van der Waals surface area contributed by atoms with E-state index in [1.54, 1.807) is 11.0 Å². The molecular formula is C16H32IN7. The Morgan fingerprint density at radius 3 is 2.83 bits per heavy atom. The molecule has 1 aliphatic rings. The van der Waals surface area contributed by atoms with Crippen LogP contribution in [0.1, 0.15) is 39.4 Å². The van der Waals surface area contributed by atoms with Gasteiger partial charge in [0.25, 0.3) is 0 Å². The summed E-state index contributed by atoms with van der Waals surface area (Å²) in [5.41, 5.74) is 0. The molecule has 1 unspecified atom stereocenters. The Hall–Kier alpha value is -0.900. The molecule has 8 heteroatoms. The average molecular weight is 449 g/mol. The zero-order valence-electron chi connectivity index (χ0n) is 15.3. The zero-order chi connectivity index (χ0) is 16.7. The summed E-state index contributed by atoms with van der Waals surface area (Å²) in [5.74, 6) is 2.41. The van der Waals surface area contributed by atoms with Gasteiger partial charge in [-0.15, -0.1) is 24.0 Å². The van der Waals surface area contributed by atoms with Gasteiger partial charge in [0.05, 0.1) is 0 Å². The summed E-state index contributed by atoms with van der Waals surface area (Å²) in [6.07, 6.45) is 4.14. The molecule has 1 atom stereocenters. The minimum atomic E-state index is 0. The van der Waals surface area contributed by atoms with Crippen molar-refractivity contribution in [2.75, 3.05) is 26.2 Å². The first-order valence-corrected chi connectivity index (χ1v) is 8.69. The van der Waals surface area contributed by atoms with Crippen molar-refractivity contribution in [3.63, 3.8) is 0 Å². The second-order valence-electron chi connectivity index (χ2n) is 6.47. The van der Waals surface area contributed by atoms with E-state index < -0.39 is 0 Å². The SMILES string of the molecule is CCNC(=NCc1ncnn1C)NCC1CCCN(C(C)C)C1.I. The molecule has 138 valence electrons. The van der Waals surface area contributed by atoms with Crippen LogP contribution in [0.3, 0.4) is 0 Å². The molecule has 2 heterocycles. The highest BCUT2D eigenvalue weighted by atomic mass is 127. The molecular weight excluding hydrogens is 417 g/mol. The van der Waals surface area contributed by atoms with Crippen LogP contribution >= 0.6 is 24.0 Å². The molecule has 24 heavy (non-hydrogen) atoms. The Bertz CT molecular complexity index is 500. The molecule has 0 radical (unpaired) electrons. The van der Waals surface area contributed by atoms with Gasteiger partial charge in [0, 0.05) is 32.7 Å². The lowest BCUT2D eigenvalue weighted by atomic mass is 9.97. The highest BCUT2D eigenvalue weighted by Crippen LogP contribution is 2.17. The van der Waals surface area contributed by atoms with E-state index in [9.17, 15) is 0 Å². The maximum absolute atomic E-state index is 4.61. The van der Waals surface area contributed by atoms with E-state index in [1.165, 1.54) is 25.9 Å². The fourth-order valence-electron chi connectivity index (χ4n) is 2.93. The van der Waals surface area contributed by atoms with Crippen LogP contribution in [-0.2, 0) is 13.6 Å². The van der Waals surface area contributed by atoms with E-state index in [1.807, 2.05) is 7.05 Å². The first kappa shape index (κ1) is 21.1. The molecule has 2 rings (SSSR count). The molecule has 7 nitrogen and oxygen atoms in total. The van der Waals surface area contributed by atoms with Gasteiger partial charge in [0.2, 0.25) is 0 Å². The van der Waals surface area contributed by atoms with Crippen LogP contribution in [0.15, 0.2) is 11.3 Å². The van der Waals surface area contributed by atoms with E-state index in [0.717, 1.165) is 24.9 Å². The number of halogens is 1. The van der Waals surface area contributed by atoms with E-state index in [4.69, 9.17) is 0 Å². The van der Waals surface area contributed by atoms with Crippen LogP contribution in [0, 0.1) is 5.92 Å². The molecule has 0 aromatic carbocycles. The number of hydrogen-bond acceptors (Lipinski definition) is 4. The molecule has 0 spiro atoms. The number of rotatable bonds is 6. The second kappa shape index (κ2) is 10.9. The molecule has 0 saturated carbocycles. The molecule has 1 aromatic rings. The van der Waals surface area contributed by atoms with Crippen LogP contribution in [0.25, 0.3) is 0 Å². The third-order valence-corrected chi connectivity index (χ3v) is 4.37. The number of hydrogen-bond donors (Lipinski definition) is 2. The Morgan fingerprint density at radius 1 is 1.42 bits per heavy atom. The van der Waals surface area contributed by atoms with Gasteiger partial charge in [-0.05, 0) is 46.1 Å². The van der Waals surface area contributed by atoms with Crippen molar-refractivity contribution in [1.29, 1.82) is 0 Å². The van der Waals surface area contributed by atoms with Crippen molar-refractivity contribution < 1.29 is 0 Å². The monoisotopic (exact) mass is 449 g/mol. The smallest absolute Gasteiger partial charge is 0.191 e. The highest BCUT2D eigenvalue weighted by molar-refractivity contribution is 14.0. The average Bonchev–Trinajstić information content (AvgIpc) is 2.95. The molecule has 1 aliphatic heterocycles. The molecule has 1 fully saturated rings. The number of aromatic nitrogens is 3. The first-order valence-electron chi connectivity index (χ1n) is 8.69. The lowest BCUT2D eigenvalue weighted by Gasteiger charge is -2.35. The number of nitrogens with zero attached hydrogens (tertiary/aromatic N) is 5. The zero-order valence-corrected chi connectivity index (χ0v) is 17.7. The normalized spacial score (nSPS) is 19.2. The van der Waals surface area contributed by atoms with Gasteiger partial charge < -0.3 is 15.5 Å². The largest absolute Gasteiger partial charge is 0.357 e. The third kappa shape index (κ3) is 6.54. The first-order chi connectivity index (χ1) is 11.1. The van der Waals surface area contributed by atoms with Crippen molar-refractivity contribution in [2.24, 2.45) is 18.0 Å². The van der Waals surface area contributed by atoms with Crippen LogP contribution in [-0.4, -0.2) is 57.8 Å². The number of aliphatic imine (C=N–C) groups is 1. The summed E-state index contributed by atoms with van der Waals surface area (Å²) >= 11 is 0. The Morgan fingerprint density at radius 2 is 2.21 bits per heavy atom. The number of piperidine rings is 1. The predicted molar refractivity (Wildman–Crippen MR) is 109 cm³/mol.